The fourth-order valence-corrected chi connectivity index (χ4v) is 10.3. The van der Waals surface area contributed by atoms with Crippen molar-refractivity contribution < 1.29 is 17.0 Å². The van der Waals surface area contributed by atoms with Crippen molar-refractivity contribution >= 4 is 19.6 Å². The first-order valence-corrected chi connectivity index (χ1v) is 9.83. The number of hydrogen-bond acceptors (Lipinski definition) is 0. The van der Waals surface area contributed by atoms with E-state index in [1.165, 1.54) is 17.3 Å². The number of halogens is 1. The van der Waals surface area contributed by atoms with E-state index < -0.39 is 19.6 Å². The molecule has 0 spiro atoms. The van der Waals surface area contributed by atoms with Crippen LogP contribution in [0.2, 0.25) is 7.93 Å². The summed E-state index contributed by atoms with van der Waals surface area (Å²) in [6.45, 7) is 4.98. The Balaban J connectivity index is 0.00000112. The van der Waals surface area contributed by atoms with Crippen LogP contribution in [0, 0.1) is 0 Å². The van der Waals surface area contributed by atoms with Crippen LogP contribution < -0.4 is 17.0 Å². The van der Waals surface area contributed by atoms with Gasteiger partial charge < -0.3 is 17.0 Å². The van der Waals surface area contributed by atoms with E-state index in [4.69, 9.17) is 0 Å². The summed E-state index contributed by atoms with van der Waals surface area (Å²) in [6, 6.07) is 11.1. The van der Waals surface area contributed by atoms with Crippen LogP contribution in [0.3, 0.4) is 0 Å². The maximum absolute atomic E-state index is 2.49. The zero-order chi connectivity index (χ0) is 9.97. The van der Waals surface area contributed by atoms with Crippen molar-refractivity contribution in [2.75, 3.05) is 0 Å². The maximum Gasteiger partial charge on any atom is -1.00 e. The van der Waals surface area contributed by atoms with Crippen molar-refractivity contribution in [2.24, 2.45) is 0 Å². The Morgan fingerprint density at radius 1 is 1.07 bits per heavy atom. The zero-order valence-corrected chi connectivity index (χ0v) is 13.4. The summed E-state index contributed by atoms with van der Waals surface area (Å²) in [4.78, 5) is 0. The Morgan fingerprint density at radius 2 is 1.60 bits per heavy atom. The summed E-state index contributed by atoms with van der Waals surface area (Å²) >= 11 is -0.812. The normalized spacial score (nSPS) is 26.3. The van der Waals surface area contributed by atoms with E-state index in [9.17, 15) is 0 Å². The molecule has 0 radical (unpaired) electrons. The molecule has 0 unspecified atom stereocenters. The molecule has 1 aromatic rings. The van der Waals surface area contributed by atoms with E-state index in [-0.39, 0.29) is 17.0 Å². The predicted octanol–water partition coefficient (Wildman–Crippen LogP) is 0.841. The van der Waals surface area contributed by atoms with E-state index >= 15 is 0 Å². The molecule has 2 rings (SSSR count). The van der Waals surface area contributed by atoms with Crippen molar-refractivity contribution in [1.29, 1.82) is 0 Å². The third-order valence-electron chi connectivity index (χ3n) is 3.19. The van der Waals surface area contributed by atoms with Gasteiger partial charge in [-0.05, 0) is 0 Å². The van der Waals surface area contributed by atoms with Crippen molar-refractivity contribution in [3.63, 3.8) is 0 Å². The molecule has 0 bridgehead atoms. The standard InChI is InChI=1S/C13H19Te.BrH/c1-11-8-9-12(2)14(11)10-13-6-4-3-5-7-13;/h3-7,11-12H,8-10H2,1-2H3;1H/q+1;/p-1/t11-,12-;/m1./s1. The first-order valence-electron chi connectivity index (χ1n) is 5.50. The largest absolute Gasteiger partial charge is 1.00 e. The molecule has 0 nitrogen and oxygen atoms in total. The first-order chi connectivity index (χ1) is 6.77. The summed E-state index contributed by atoms with van der Waals surface area (Å²) in [5, 5.41) is 0. The Labute approximate surface area is 111 Å². The van der Waals surface area contributed by atoms with Gasteiger partial charge in [0.1, 0.15) is 0 Å². The van der Waals surface area contributed by atoms with Gasteiger partial charge in [-0.25, -0.2) is 0 Å². The summed E-state index contributed by atoms with van der Waals surface area (Å²) in [6.07, 6.45) is 3.01. The van der Waals surface area contributed by atoms with Gasteiger partial charge in [0.2, 0.25) is 0 Å². The molecule has 1 fully saturated rings. The van der Waals surface area contributed by atoms with Gasteiger partial charge in [0.15, 0.2) is 0 Å². The van der Waals surface area contributed by atoms with Crippen LogP contribution in [-0.2, 0) is 4.47 Å². The third-order valence-corrected chi connectivity index (χ3v) is 12.3. The van der Waals surface area contributed by atoms with Crippen molar-refractivity contribution in [2.45, 2.75) is 39.1 Å². The summed E-state index contributed by atoms with van der Waals surface area (Å²) in [5.74, 6) is 0. The van der Waals surface area contributed by atoms with Crippen LogP contribution in [0.5, 0.6) is 0 Å². The maximum atomic E-state index is 2.49. The molecule has 0 N–H and O–H groups in total. The van der Waals surface area contributed by atoms with E-state index in [2.05, 4.69) is 44.2 Å². The molecule has 84 valence electrons. The van der Waals surface area contributed by atoms with Crippen LogP contribution in [0.1, 0.15) is 32.3 Å². The molecular formula is C13H19BrTe. The molecule has 0 aromatic heterocycles. The average Bonchev–Trinajstić information content (AvgIpc) is 2.51. The number of rotatable bonds is 2. The van der Waals surface area contributed by atoms with Gasteiger partial charge in [-0.1, -0.05) is 0 Å². The zero-order valence-electron chi connectivity index (χ0n) is 9.45. The van der Waals surface area contributed by atoms with Gasteiger partial charge >= 0.3 is 94.5 Å². The van der Waals surface area contributed by atoms with Crippen molar-refractivity contribution in [1.82, 2.24) is 0 Å². The molecule has 2 heteroatoms. The molecule has 1 heterocycles. The van der Waals surface area contributed by atoms with Crippen molar-refractivity contribution in [3.05, 3.63) is 35.9 Å². The molecule has 0 aliphatic carbocycles. The summed E-state index contributed by atoms with van der Waals surface area (Å²) < 4.78 is 3.63. The second-order valence-electron chi connectivity index (χ2n) is 4.30. The fourth-order valence-electron chi connectivity index (χ4n) is 2.22. The van der Waals surface area contributed by atoms with Crippen LogP contribution in [-0.4, -0.2) is 19.6 Å². The third kappa shape index (κ3) is 3.48. The molecule has 1 aromatic carbocycles. The minimum absolute atomic E-state index is 0. The molecule has 15 heavy (non-hydrogen) atoms. The second kappa shape index (κ2) is 6.28. The topological polar surface area (TPSA) is 0 Å². The quantitative estimate of drug-likeness (QED) is 0.665. The van der Waals surface area contributed by atoms with Gasteiger partial charge in [-0.3, -0.25) is 0 Å². The molecular weight excluding hydrogens is 364 g/mol. The summed E-state index contributed by atoms with van der Waals surface area (Å²) in [7, 11) is 0. The van der Waals surface area contributed by atoms with Crippen LogP contribution in [0.4, 0.5) is 0 Å². The molecule has 0 saturated carbocycles. The molecule has 1 saturated heterocycles. The monoisotopic (exact) mass is 384 g/mol. The van der Waals surface area contributed by atoms with E-state index in [1.807, 2.05) is 0 Å². The van der Waals surface area contributed by atoms with Gasteiger partial charge in [0.25, 0.3) is 0 Å². The predicted molar refractivity (Wildman–Crippen MR) is 64.0 cm³/mol. The van der Waals surface area contributed by atoms with E-state index in [1.54, 1.807) is 5.56 Å². The fraction of sp³-hybridized carbons (Fsp3) is 0.538. The van der Waals surface area contributed by atoms with Crippen LogP contribution >= 0.6 is 0 Å². The van der Waals surface area contributed by atoms with E-state index in [0.717, 1.165) is 7.93 Å². The minimum Gasteiger partial charge on any atom is -1.00 e. The van der Waals surface area contributed by atoms with Crippen LogP contribution in [0.15, 0.2) is 30.3 Å². The second-order valence-corrected chi connectivity index (χ2v) is 12.4. The Bertz CT molecular complexity index is 276. The van der Waals surface area contributed by atoms with Gasteiger partial charge in [-0.2, -0.15) is 0 Å². The molecule has 0 amide bonds. The molecule has 1 aliphatic heterocycles. The minimum atomic E-state index is -0.812. The van der Waals surface area contributed by atoms with E-state index in [0.29, 0.717) is 0 Å². The smallest absolute Gasteiger partial charge is 1.00 e. The first kappa shape index (κ1) is 13.6. The van der Waals surface area contributed by atoms with Crippen molar-refractivity contribution in [3.8, 4) is 0 Å². The Kier molecular flexibility index (Phi) is 5.68. The molecule has 1 aliphatic rings. The Morgan fingerprint density at radius 3 is 2.13 bits per heavy atom. The SMILES string of the molecule is C[C@@H]1CC[C@@H](C)[Te+]1Cc1ccccc1.[Br-]. The van der Waals surface area contributed by atoms with Crippen LogP contribution in [0.25, 0.3) is 0 Å². The Hall–Kier alpha value is 0.490. The molecule has 2 atom stereocenters. The number of benzene rings is 1. The average molecular weight is 383 g/mol. The van der Waals surface area contributed by atoms with Gasteiger partial charge in [0.05, 0.1) is 0 Å². The number of hydrogen-bond donors (Lipinski definition) is 0. The summed E-state index contributed by atoms with van der Waals surface area (Å²) in [5.41, 5.74) is 1.59. The van der Waals surface area contributed by atoms with Gasteiger partial charge in [0, 0.05) is 0 Å². The van der Waals surface area contributed by atoms with Gasteiger partial charge in [-0.15, -0.1) is 0 Å².